The maximum absolute atomic E-state index is 5.58. The fraction of sp³-hybridized carbons (Fsp3) is 0. The van der Waals surface area contributed by atoms with Crippen molar-refractivity contribution in [1.29, 1.82) is 0 Å². The summed E-state index contributed by atoms with van der Waals surface area (Å²) in [5, 5.41) is 10.8. The highest BCUT2D eigenvalue weighted by atomic mass is 15.2. The predicted molar refractivity (Wildman–Crippen MR) is 228 cm³/mol. The monoisotopic (exact) mass is 699 g/mol. The Morgan fingerprint density at radius 1 is 0.345 bits per heavy atom. The van der Waals surface area contributed by atoms with E-state index < -0.39 is 0 Å². The van der Waals surface area contributed by atoms with E-state index in [0.717, 1.165) is 38.9 Å². The minimum absolute atomic E-state index is 0.661. The maximum Gasteiger partial charge on any atom is 0.235 e. The summed E-state index contributed by atoms with van der Waals surface area (Å²) >= 11 is 0. The molecule has 0 atom stereocenters. The van der Waals surface area contributed by atoms with Crippen LogP contribution in [-0.2, 0) is 0 Å². The summed E-state index contributed by atoms with van der Waals surface area (Å²) < 4.78 is 7.13. The first kappa shape index (κ1) is 29.0. The highest BCUT2D eigenvalue weighted by Crippen LogP contribution is 2.46. The maximum atomic E-state index is 5.58. The van der Waals surface area contributed by atoms with Gasteiger partial charge in [0.1, 0.15) is 0 Å². The molecule has 5 heteroatoms. The van der Waals surface area contributed by atoms with Crippen molar-refractivity contribution in [2.45, 2.75) is 0 Å². The SMILES string of the molecule is c1ccc(-n2c3ccccc3c3cc(-c4nc(-n5c6ccccc6c6cc7c8ccccc8n8c9ccccc9c(c65)c78)nc5ccccc45)ccc32)cc1. The van der Waals surface area contributed by atoms with Crippen molar-refractivity contribution >= 4 is 92.6 Å². The van der Waals surface area contributed by atoms with E-state index in [1.54, 1.807) is 0 Å². The Bertz CT molecular complexity index is 3720. The molecule has 0 fully saturated rings. The second-order valence-electron chi connectivity index (χ2n) is 14.6. The highest BCUT2D eigenvalue weighted by Gasteiger charge is 2.25. The third kappa shape index (κ3) is 3.76. The van der Waals surface area contributed by atoms with E-state index in [1.807, 2.05) is 0 Å². The summed E-state index contributed by atoms with van der Waals surface area (Å²) in [7, 11) is 0. The number of nitrogens with zero attached hydrogens (tertiary/aromatic N) is 5. The van der Waals surface area contributed by atoms with Gasteiger partial charge in [-0.15, -0.1) is 0 Å². The molecule has 0 saturated heterocycles. The highest BCUT2D eigenvalue weighted by molar-refractivity contribution is 6.34. The number of hydrogen-bond acceptors (Lipinski definition) is 2. The summed E-state index contributed by atoms with van der Waals surface area (Å²) in [6.45, 7) is 0. The van der Waals surface area contributed by atoms with E-state index in [4.69, 9.17) is 9.97 Å². The molecule has 0 radical (unpaired) electrons. The van der Waals surface area contributed by atoms with Crippen molar-refractivity contribution in [3.05, 3.63) is 176 Å². The Kier molecular flexibility index (Phi) is 5.57. The molecule has 0 bridgehead atoms. The molecule has 5 aromatic heterocycles. The van der Waals surface area contributed by atoms with Crippen LogP contribution >= 0.6 is 0 Å². The van der Waals surface area contributed by atoms with Gasteiger partial charge in [-0.3, -0.25) is 4.57 Å². The van der Waals surface area contributed by atoms with Crippen LogP contribution in [0.3, 0.4) is 0 Å². The number of hydrogen-bond donors (Lipinski definition) is 0. The van der Waals surface area contributed by atoms with Crippen molar-refractivity contribution < 1.29 is 0 Å². The largest absolute Gasteiger partial charge is 0.309 e. The molecule has 5 nitrogen and oxygen atoms in total. The van der Waals surface area contributed by atoms with Gasteiger partial charge in [0.15, 0.2) is 0 Å². The lowest BCUT2D eigenvalue weighted by Gasteiger charge is -2.13. The number of rotatable bonds is 3. The number of para-hydroxylation sites is 6. The molecule has 8 aromatic carbocycles. The van der Waals surface area contributed by atoms with Crippen LogP contribution in [0.15, 0.2) is 176 Å². The number of benzene rings is 8. The molecule has 13 rings (SSSR count). The number of fused-ring (bicyclic) bond motifs is 14. The van der Waals surface area contributed by atoms with Gasteiger partial charge in [-0.25, -0.2) is 9.97 Å². The van der Waals surface area contributed by atoms with E-state index in [2.05, 4.69) is 189 Å². The Balaban J connectivity index is 1.15. The molecule has 0 spiro atoms. The van der Waals surface area contributed by atoms with Gasteiger partial charge in [0.05, 0.1) is 49.8 Å². The first-order chi connectivity index (χ1) is 27.3. The molecule has 5 heterocycles. The second-order valence-corrected chi connectivity index (χ2v) is 14.6. The molecule has 0 saturated carbocycles. The van der Waals surface area contributed by atoms with Crippen LogP contribution in [-0.4, -0.2) is 23.5 Å². The van der Waals surface area contributed by atoms with Gasteiger partial charge in [0, 0.05) is 59.7 Å². The summed E-state index contributed by atoms with van der Waals surface area (Å²) in [4.78, 5) is 10.9. The zero-order valence-corrected chi connectivity index (χ0v) is 29.5. The molecule has 0 aliphatic heterocycles. The molecule has 0 amide bonds. The van der Waals surface area contributed by atoms with Crippen LogP contribution < -0.4 is 0 Å². The summed E-state index contributed by atoms with van der Waals surface area (Å²) in [6, 6.07) is 63.2. The zero-order valence-electron chi connectivity index (χ0n) is 29.5. The Morgan fingerprint density at radius 3 is 1.65 bits per heavy atom. The normalized spacial score (nSPS) is 12.4. The van der Waals surface area contributed by atoms with Gasteiger partial charge in [-0.1, -0.05) is 115 Å². The van der Waals surface area contributed by atoms with Crippen molar-refractivity contribution in [3.8, 4) is 22.9 Å². The Morgan fingerprint density at radius 2 is 0.891 bits per heavy atom. The average molecular weight is 700 g/mol. The smallest absolute Gasteiger partial charge is 0.235 e. The zero-order chi connectivity index (χ0) is 35.8. The van der Waals surface area contributed by atoms with Crippen molar-refractivity contribution in [1.82, 2.24) is 23.5 Å². The number of aromatic nitrogens is 5. The van der Waals surface area contributed by atoms with Crippen LogP contribution in [0.2, 0.25) is 0 Å². The van der Waals surface area contributed by atoms with Crippen molar-refractivity contribution in [2.75, 3.05) is 0 Å². The molecule has 13 aromatic rings. The quantitative estimate of drug-likeness (QED) is 0.184. The van der Waals surface area contributed by atoms with Crippen LogP contribution in [0.25, 0.3) is 116 Å². The first-order valence-electron chi connectivity index (χ1n) is 18.8. The lowest BCUT2D eigenvalue weighted by Crippen LogP contribution is -2.03. The topological polar surface area (TPSA) is 40.0 Å². The first-order valence-corrected chi connectivity index (χ1v) is 18.8. The van der Waals surface area contributed by atoms with Gasteiger partial charge in [0.2, 0.25) is 5.95 Å². The molecular weight excluding hydrogens is 671 g/mol. The van der Waals surface area contributed by atoms with E-state index >= 15 is 0 Å². The second kappa shape index (κ2) is 10.6. The van der Waals surface area contributed by atoms with E-state index in [1.165, 1.54) is 70.7 Å². The van der Waals surface area contributed by atoms with Gasteiger partial charge in [-0.05, 0) is 60.7 Å². The van der Waals surface area contributed by atoms with Gasteiger partial charge < -0.3 is 8.97 Å². The Hall–Kier alpha value is -7.50. The molecule has 0 aliphatic rings. The van der Waals surface area contributed by atoms with E-state index in [-0.39, 0.29) is 0 Å². The summed E-state index contributed by atoms with van der Waals surface area (Å²) in [5.41, 5.74) is 12.3. The summed E-state index contributed by atoms with van der Waals surface area (Å²) in [5.74, 6) is 0.661. The Labute approximate surface area is 313 Å². The lowest BCUT2D eigenvalue weighted by atomic mass is 10.0. The summed E-state index contributed by atoms with van der Waals surface area (Å²) in [6.07, 6.45) is 0. The fourth-order valence-corrected chi connectivity index (χ4v) is 9.52. The van der Waals surface area contributed by atoms with Gasteiger partial charge in [-0.2, -0.15) is 0 Å². The van der Waals surface area contributed by atoms with Gasteiger partial charge >= 0.3 is 0 Å². The minimum atomic E-state index is 0.661. The van der Waals surface area contributed by atoms with Crippen LogP contribution in [0.5, 0.6) is 0 Å². The van der Waals surface area contributed by atoms with Crippen LogP contribution in [0.1, 0.15) is 0 Å². The minimum Gasteiger partial charge on any atom is -0.309 e. The predicted octanol–water partition coefficient (Wildman–Crippen LogP) is 12.6. The molecule has 0 unspecified atom stereocenters. The lowest BCUT2D eigenvalue weighted by molar-refractivity contribution is 1.02. The van der Waals surface area contributed by atoms with E-state index in [9.17, 15) is 0 Å². The molecule has 0 aliphatic carbocycles. The molecular formula is C50H29N5. The standard InChI is InChI=1S/C50H29N5/c1-2-14-31(15-3-1)53-41-22-10-5-16-32(41)37-28-30(26-27-45(37)53)47-35-19-4-9-21-40(35)51-50(52-47)55-43-24-12-7-18-34(43)39-29-38-33-17-6-11-23-42(33)54-44-25-13-8-20-36(44)46(48(38)54)49(39)55/h1-29H. The molecule has 254 valence electrons. The third-order valence-electron chi connectivity index (χ3n) is 11.8. The molecule has 0 N–H and O–H groups in total. The third-order valence-corrected chi connectivity index (χ3v) is 11.8. The van der Waals surface area contributed by atoms with Crippen LogP contribution in [0, 0.1) is 0 Å². The van der Waals surface area contributed by atoms with Gasteiger partial charge in [0.25, 0.3) is 0 Å². The van der Waals surface area contributed by atoms with Crippen molar-refractivity contribution in [3.63, 3.8) is 0 Å². The fourth-order valence-electron chi connectivity index (χ4n) is 9.52. The van der Waals surface area contributed by atoms with Crippen molar-refractivity contribution in [2.24, 2.45) is 0 Å². The average Bonchev–Trinajstić information content (AvgIpc) is 3.97. The molecule has 55 heavy (non-hydrogen) atoms. The van der Waals surface area contributed by atoms with Crippen LogP contribution in [0.4, 0.5) is 0 Å². The van der Waals surface area contributed by atoms with E-state index in [0.29, 0.717) is 5.95 Å².